The average Bonchev–Trinajstić information content (AvgIpc) is 2.43. The maximum atomic E-state index is 9.85. The second kappa shape index (κ2) is 7.33. The summed E-state index contributed by atoms with van der Waals surface area (Å²) in [7, 11) is 0. The summed E-state index contributed by atoms with van der Waals surface area (Å²) in [5.41, 5.74) is 2.58. The molecule has 0 saturated carbocycles. The zero-order chi connectivity index (χ0) is 14.4. The minimum Gasteiger partial charge on any atom is -0.508 e. The zero-order valence-corrected chi connectivity index (χ0v) is 12.8. The number of aryl methyl sites for hydroxylation is 2. The van der Waals surface area contributed by atoms with Gasteiger partial charge in [-0.15, -0.1) is 0 Å². The van der Waals surface area contributed by atoms with Gasteiger partial charge in [0.15, 0.2) is 0 Å². The fourth-order valence-electron chi connectivity index (χ4n) is 2.83. The molecule has 0 bridgehead atoms. The van der Waals surface area contributed by atoms with Crippen LogP contribution in [0.1, 0.15) is 56.6 Å². The molecule has 2 aromatic carbocycles. The van der Waals surface area contributed by atoms with Gasteiger partial charge in [-0.3, -0.25) is 0 Å². The highest BCUT2D eigenvalue weighted by Gasteiger charge is 2.04. The normalized spacial score (nSPS) is 11.1. The van der Waals surface area contributed by atoms with E-state index in [1.165, 1.54) is 55.0 Å². The lowest BCUT2D eigenvalue weighted by Gasteiger charge is -2.09. The van der Waals surface area contributed by atoms with Crippen LogP contribution >= 0.6 is 0 Å². The highest BCUT2D eigenvalue weighted by atomic mass is 16.3. The van der Waals surface area contributed by atoms with Crippen molar-refractivity contribution in [3.63, 3.8) is 0 Å². The number of benzene rings is 2. The van der Waals surface area contributed by atoms with Gasteiger partial charge < -0.3 is 5.11 Å². The molecule has 0 aliphatic rings. The fraction of sp³-hybridized carbons (Fsp3) is 0.474. The summed E-state index contributed by atoms with van der Waals surface area (Å²) in [5, 5.41) is 12.3. The van der Waals surface area contributed by atoms with Gasteiger partial charge in [0, 0.05) is 0 Å². The first-order valence-electron chi connectivity index (χ1n) is 7.93. The van der Waals surface area contributed by atoms with Crippen molar-refractivity contribution in [2.24, 2.45) is 0 Å². The Labute approximate surface area is 122 Å². The molecule has 0 aliphatic heterocycles. The van der Waals surface area contributed by atoms with Gasteiger partial charge in [0.1, 0.15) is 5.75 Å². The van der Waals surface area contributed by atoms with Gasteiger partial charge in [-0.1, -0.05) is 62.8 Å². The first-order chi connectivity index (χ1) is 9.70. The molecule has 0 radical (unpaired) electrons. The molecule has 108 valence electrons. The Morgan fingerprint density at radius 1 is 0.900 bits per heavy atom. The Morgan fingerprint density at radius 3 is 2.45 bits per heavy atom. The highest BCUT2D eigenvalue weighted by molar-refractivity contribution is 5.87. The number of rotatable bonds is 7. The zero-order valence-electron chi connectivity index (χ0n) is 12.8. The number of hydrogen-bond donors (Lipinski definition) is 1. The molecule has 2 rings (SSSR count). The Balaban J connectivity index is 2.03. The number of phenolic OH excluding ortho intramolecular Hbond substituents is 1. The minimum absolute atomic E-state index is 0.391. The van der Waals surface area contributed by atoms with Crippen LogP contribution in [0.25, 0.3) is 10.8 Å². The Hall–Kier alpha value is -1.50. The van der Waals surface area contributed by atoms with Gasteiger partial charge in [-0.2, -0.15) is 0 Å². The van der Waals surface area contributed by atoms with Crippen LogP contribution in [-0.4, -0.2) is 5.11 Å². The predicted molar refractivity (Wildman–Crippen MR) is 87.4 cm³/mol. The summed E-state index contributed by atoms with van der Waals surface area (Å²) < 4.78 is 0. The van der Waals surface area contributed by atoms with E-state index in [4.69, 9.17) is 0 Å². The SMILES string of the molecule is CCCCCCCCc1cc(O)cc2ccc(C)cc12. The summed E-state index contributed by atoms with van der Waals surface area (Å²) in [4.78, 5) is 0. The summed E-state index contributed by atoms with van der Waals surface area (Å²) >= 11 is 0. The summed E-state index contributed by atoms with van der Waals surface area (Å²) in [5.74, 6) is 0.391. The van der Waals surface area contributed by atoms with Crippen molar-refractivity contribution in [2.45, 2.75) is 58.8 Å². The molecule has 0 fully saturated rings. The minimum atomic E-state index is 0.391. The third-order valence-corrected chi connectivity index (χ3v) is 3.98. The van der Waals surface area contributed by atoms with Gasteiger partial charge >= 0.3 is 0 Å². The van der Waals surface area contributed by atoms with Crippen LogP contribution in [0.3, 0.4) is 0 Å². The molecule has 1 nitrogen and oxygen atoms in total. The first kappa shape index (κ1) is 14.9. The molecular weight excluding hydrogens is 244 g/mol. The van der Waals surface area contributed by atoms with Crippen molar-refractivity contribution in [1.82, 2.24) is 0 Å². The molecule has 0 atom stereocenters. The van der Waals surface area contributed by atoms with Gasteiger partial charge in [-0.05, 0) is 48.2 Å². The second-order valence-corrected chi connectivity index (χ2v) is 5.85. The second-order valence-electron chi connectivity index (χ2n) is 5.85. The number of phenols is 1. The van der Waals surface area contributed by atoms with Crippen molar-refractivity contribution in [2.75, 3.05) is 0 Å². The molecule has 0 unspecified atom stereocenters. The third-order valence-electron chi connectivity index (χ3n) is 3.98. The van der Waals surface area contributed by atoms with Gasteiger partial charge in [0.2, 0.25) is 0 Å². The van der Waals surface area contributed by atoms with Crippen molar-refractivity contribution < 1.29 is 5.11 Å². The van der Waals surface area contributed by atoms with Crippen molar-refractivity contribution in [1.29, 1.82) is 0 Å². The van der Waals surface area contributed by atoms with Crippen LogP contribution in [0.2, 0.25) is 0 Å². The standard InChI is InChI=1S/C19H26O/c1-3-4-5-6-7-8-9-16-13-18(20)14-17-11-10-15(2)12-19(16)17/h10-14,20H,3-9H2,1-2H3. The quantitative estimate of drug-likeness (QED) is 0.634. The van der Waals surface area contributed by atoms with Crippen LogP contribution in [0, 0.1) is 6.92 Å². The molecular formula is C19H26O. The largest absolute Gasteiger partial charge is 0.508 e. The smallest absolute Gasteiger partial charge is 0.116 e. The topological polar surface area (TPSA) is 20.2 Å². The summed E-state index contributed by atoms with van der Waals surface area (Å²) in [6.45, 7) is 4.38. The van der Waals surface area contributed by atoms with Crippen molar-refractivity contribution >= 4 is 10.8 Å². The third kappa shape index (κ3) is 4.00. The van der Waals surface area contributed by atoms with E-state index in [9.17, 15) is 5.11 Å². The van der Waals surface area contributed by atoms with E-state index < -0.39 is 0 Å². The number of fused-ring (bicyclic) bond motifs is 1. The summed E-state index contributed by atoms with van der Waals surface area (Å²) in [6, 6.07) is 10.2. The van der Waals surface area contributed by atoms with Crippen molar-refractivity contribution in [3.8, 4) is 5.75 Å². The molecule has 1 heteroatoms. The Morgan fingerprint density at radius 2 is 1.65 bits per heavy atom. The van der Waals surface area contributed by atoms with Gasteiger partial charge in [0.25, 0.3) is 0 Å². The van der Waals surface area contributed by atoms with Gasteiger partial charge in [0.05, 0.1) is 0 Å². The Bertz CT molecular complexity index is 557. The molecule has 0 aromatic heterocycles. The summed E-state index contributed by atoms with van der Waals surface area (Å²) in [6.07, 6.45) is 8.93. The lowest BCUT2D eigenvalue weighted by molar-refractivity contribution is 0.475. The molecule has 1 N–H and O–H groups in total. The highest BCUT2D eigenvalue weighted by Crippen LogP contribution is 2.27. The van der Waals surface area contributed by atoms with E-state index in [0.29, 0.717) is 5.75 Å². The molecule has 2 aromatic rings. The maximum Gasteiger partial charge on any atom is 0.116 e. The lowest BCUT2D eigenvalue weighted by Crippen LogP contribution is -1.89. The molecule has 0 spiro atoms. The maximum absolute atomic E-state index is 9.85. The molecule has 0 heterocycles. The number of hydrogen-bond acceptors (Lipinski definition) is 1. The monoisotopic (exact) mass is 270 g/mol. The van der Waals surface area contributed by atoms with Crippen LogP contribution in [0.5, 0.6) is 5.75 Å². The number of aromatic hydroxyl groups is 1. The fourth-order valence-corrected chi connectivity index (χ4v) is 2.83. The van der Waals surface area contributed by atoms with E-state index >= 15 is 0 Å². The molecule has 0 amide bonds. The van der Waals surface area contributed by atoms with E-state index in [0.717, 1.165) is 11.8 Å². The molecule has 0 aliphatic carbocycles. The van der Waals surface area contributed by atoms with Crippen molar-refractivity contribution in [3.05, 3.63) is 41.5 Å². The van der Waals surface area contributed by atoms with Gasteiger partial charge in [-0.25, -0.2) is 0 Å². The van der Waals surface area contributed by atoms with Crippen LogP contribution in [0.4, 0.5) is 0 Å². The van der Waals surface area contributed by atoms with Crippen LogP contribution < -0.4 is 0 Å². The lowest BCUT2D eigenvalue weighted by atomic mass is 9.97. The van der Waals surface area contributed by atoms with E-state index in [1.54, 1.807) is 0 Å². The van der Waals surface area contributed by atoms with Crippen LogP contribution in [0.15, 0.2) is 30.3 Å². The van der Waals surface area contributed by atoms with E-state index in [1.807, 2.05) is 12.1 Å². The average molecular weight is 270 g/mol. The van der Waals surface area contributed by atoms with Crippen LogP contribution in [-0.2, 0) is 6.42 Å². The van der Waals surface area contributed by atoms with E-state index in [-0.39, 0.29) is 0 Å². The predicted octanol–water partition coefficient (Wildman–Crippen LogP) is 5.76. The first-order valence-corrected chi connectivity index (χ1v) is 7.93. The Kier molecular flexibility index (Phi) is 5.46. The molecule has 0 saturated heterocycles. The molecule has 20 heavy (non-hydrogen) atoms. The van der Waals surface area contributed by atoms with E-state index in [2.05, 4.69) is 32.0 Å². The number of unbranched alkanes of at least 4 members (excludes halogenated alkanes) is 5.